The normalized spacial score (nSPS) is 11.4. The molecule has 3 N–H and O–H groups in total. The highest BCUT2D eigenvalue weighted by Crippen LogP contribution is 2.14. The van der Waals surface area contributed by atoms with Gasteiger partial charge in [0.15, 0.2) is 0 Å². The van der Waals surface area contributed by atoms with Crippen molar-refractivity contribution in [1.29, 1.82) is 0 Å². The van der Waals surface area contributed by atoms with Crippen LogP contribution in [0.25, 0.3) is 11.6 Å². The molecule has 1 amide bonds. The fourth-order valence-electron chi connectivity index (χ4n) is 1.32. The molecule has 2 heterocycles. The Bertz CT molecular complexity index is 502. The molecule has 0 aliphatic heterocycles. The fraction of sp³-hybridized carbons (Fsp3) is 0. The number of carbonyl (C=O) groups is 1. The zero-order valence-electron chi connectivity index (χ0n) is 8.42. The van der Waals surface area contributed by atoms with Crippen molar-refractivity contribution in [2.75, 3.05) is 0 Å². The van der Waals surface area contributed by atoms with Crippen molar-refractivity contribution in [2.24, 2.45) is 5.73 Å². The molecular formula is C11H10N4O. The summed E-state index contributed by atoms with van der Waals surface area (Å²) < 4.78 is 0. The molecule has 0 saturated heterocycles. The van der Waals surface area contributed by atoms with Crippen molar-refractivity contribution in [3.63, 3.8) is 0 Å². The van der Waals surface area contributed by atoms with Crippen LogP contribution in [0.15, 0.2) is 36.8 Å². The first kappa shape index (κ1) is 10.1. The van der Waals surface area contributed by atoms with Gasteiger partial charge in [-0.15, -0.1) is 0 Å². The summed E-state index contributed by atoms with van der Waals surface area (Å²) in [6.07, 6.45) is 6.55. The van der Waals surface area contributed by atoms with Gasteiger partial charge in [0.2, 0.25) is 0 Å². The summed E-state index contributed by atoms with van der Waals surface area (Å²) in [5.74, 6) is -0.506. The highest BCUT2D eigenvalue weighted by Gasteiger charge is 2.09. The number of H-pyrrole nitrogens is 1. The van der Waals surface area contributed by atoms with Gasteiger partial charge in [0.05, 0.1) is 11.3 Å². The van der Waals surface area contributed by atoms with E-state index < -0.39 is 5.91 Å². The molecule has 0 fully saturated rings. The van der Waals surface area contributed by atoms with E-state index in [-0.39, 0.29) is 0 Å². The van der Waals surface area contributed by atoms with E-state index >= 15 is 0 Å². The molecule has 2 rings (SSSR count). The minimum Gasteiger partial charge on any atom is -0.366 e. The van der Waals surface area contributed by atoms with Gasteiger partial charge in [0, 0.05) is 18.6 Å². The summed E-state index contributed by atoms with van der Waals surface area (Å²) >= 11 is 0. The lowest BCUT2D eigenvalue weighted by Gasteiger charge is -1.99. The molecule has 0 aliphatic rings. The largest absolute Gasteiger partial charge is 0.366 e. The van der Waals surface area contributed by atoms with E-state index in [0.29, 0.717) is 11.3 Å². The lowest BCUT2D eigenvalue weighted by atomic mass is 10.1. The van der Waals surface area contributed by atoms with Crippen molar-refractivity contribution < 1.29 is 4.79 Å². The minimum absolute atomic E-state index is 0.380. The van der Waals surface area contributed by atoms with E-state index in [1.165, 1.54) is 0 Å². The maximum Gasteiger partial charge on any atom is 0.250 e. The van der Waals surface area contributed by atoms with Crippen molar-refractivity contribution >= 4 is 17.6 Å². The number of amides is 1. The Morgan fingerprint density at radius 1 is 1.38 bits per heavy atom. The number of hydrogen-bond acceptors (Lipinski definition) is 3. The Morgan fingerprint density at radius 3 is 2.81 bits per heavy atom. The predicted octanol–water partition coefficient (Wildman–Crippen LogP) is 0.831. The van der Waals surface area contributed by atoms with Gasteiger partial charge in [0.25, 0.3) is 5.91 Å². The number of rotatable bonds is 3. The summed E-state index contributed by atoms with van der Waals surface area (Å²) in [5, 5.41) is 6.48. The van der Waals surface area contributed by atoms with Gasteiger partial charge in [-0.1, -0.05) is 6.07 Å². The average molecular weight is 214 g/mol. The van der Waals surface area contributed by atoms with Crippen LogP contribution in [0.2, 0.25) is 0 Å². The zero-order chi connectivity index (χ0) is 11.4. The number of nitrogens with two attached hydrogens (primary N) is 1. The van der Waals surface area contributed by atoms with Crippen LogP contribution in [0.4, 0.5) is 0 Å². The molecule has 0 aromatic carbocycles. The molecule has 0 atom stereocenters. The molecule has 0 bridgehead atoms. The van der Waals surface area contributed by atoms with Gasteiger partial charge >= 0.3 is 0 Å². The third-order valence-electron chi connectivity index (χ3n) is 2.05. The molecule has 0 saturated carbocycles. The smallest absolute Gasteiger partial charge is 0.250 e. The number of hydrogen-bond donors (Lipinski definition) is 2. The van der Waals surface area contributed by atoms with E-state index in [1.54, 1.807) is 36.8 Å². The summed E-state index contributed by atoms with van der Waals surface area (Å²) in [6, 6.07) is 5.32. The molecule has 2 aromatic rings. The van der Waals surface area contributed by atoms with Gasteiger partial charge in [0.1, 0.15) is 0 Å². The van der Waals surface area contributed by atoms with Crippen molar-refractivity contribution in [1.82, 2.24) is 15.2 Å². The Kier molecular flexibility index (Phi) is 2.77. The van der Waals surface area contributed by atoms with Crippen LogP contribution < -0.4 is 5.73 Å². The Labute approximate surface area is 92.0 Å². The van der Waals surface area contributed by atoms with E-state index in [0.717, 1.165) is 5.56 Å². The highest BCUT2D eigenvalue weighted by molar-refractivity contribution is 6.22. The second kappa shape index (κ2) is 4.39. The molecule has 0 aliphatic carbocycles. The topological polar surface area (TPSA) is 84.7 Å². The van der Waals surface area contributed by atoms with Crippen molar-refractivity contribution in [3.05, 3.63) is 48.0 Å². The van der Waals surface area contributed by atoms with Crippen LogP contribution in [-0.2, 0) is 4.79 Å². The third-order valence-corrected chi connectivity index (χ3v) is 2.05. The monoisotopic (exact) mass is 214 g/mol. The molecule has 5 heteroatoms. The first-order valence-corrected chi connectivity index (χ1v) is 4.68. The van der Waals surface area contributed by atoms with Crippen LogP contribution in [0.5, 0.6) is 0 Å². The number of aromatic amines is 1. The number of aromatic nitrogens is 3. The highest BCUT2D eigenvalue weighted by atomic mass is 16.1. The summed E-state index contributed by atoms with van der Waals surface area (Å²) in [4.78, 5) is 15.2. The molecule has 0 spiro atoms. The van der Waals surface area contributed by atoms with E-state index in [1.807, 2.05) is 6.07 Å². The van der Waals surface area contributed by atoms with Gasteiger partial charge in [-0.25, -0.2) is 0 Å². The minimum atomic E-state index is -0.506. The number of nitrogens with one attached hydrogen (secondary N) is 1. The quantitative estimate of drug-likeness (QED) is 0.742. The summed E-state index contributed by atoms with van der Waals surface area (Å²) in [6.45, 7) is 0. The molecule has 2 aromatic heterocycles. The predicted molar refractivity (Wildman–Crippen MR) is 59.9 cm³/mol. The number of pyridine rings is 1. The summed E-state index contributed by atoms with van der Waals surface area (Å²) in [5.41, 5.74) is 7.09. The van der Waals surface area contributed by atoms with Crippen LogP contribution in [0.3, 0.4) is 0 Å². The second-order valence-corrected chi connectivity index (χ2v) is 3.18. The molecular weight excluding hydrogens is 204 g/mol. The number of primary amides is 1. The molecule has 5 nitrogen and oxygen atoms in total. The van der Waals surface area contributed by atoms with E-state index in [9.17, 15) is 4.79 Å². The molecule has 16 heavy (non-hydrogen) atoms. The van der Waals surface area contributed by atoms with E-state index in [2.05, 4.69) is 15.2 Å². The molecule has 0 unspecified atom stereocenters. The van der Waals surface area contributed by atoms with Crippen LogP contribution >= 0.6 is 0 Å². The third kappa shape index (κ3) is 2.14. The van der Waals surface area contributed by atoms with Crippen molar-refractivity contribution in [3.8, 4) is 0 Å². The van der Waals surface area contributed by atoms with Gasteiger partial charge in [-0.05, 0) is 23.8 Å². The van der Waals surface area contributed by atoms with Gasteiger partial charge < -0.3 is 5.73 Å². The molecule has 0 radical (unpaired) electrons. The zero-order valence-corrected chi connectivity index (χ0v) is 8.42. The Hall–Kier alpha value is -2.43. The first-order chi connectivity index (χ1) is 7.77. The van der Waals surface area contributed by atoms with Crippen LogP contribution in [0, 0.1) is 0 Å². The average Bonchev–Trinajstić information content (AvgIpc) is 2.80. The first-order valence-electron chi connectivity index (χ1n) is 4.68. The Balaban J connectivity index is 2.42. The maximum absolute atomic E-state index is 11.3. The lowest BCUT2D eigenvalue weighted by molar-refractivity contribution is -0.112. The lowest BCUT2D eigenvalue weighted by Crippen LogP contribution is -2.13. The SMILES string of the molecule is NC(=O)C(=Cc1cccnc1)c1ccn[nH]1. The number of carbonyl (C=O) groups excluding carboxylic acids is 1. The fourth-order valence-corrected chi connectivity index (χ4v) is 1.32. The molecule has 80 valence electrons. The standard InChI is InChI=1S/C11H10N4O/c12-11(16)9(10-3-5-14-15-10)6-8-2-1-4-13-7-8/h1-7H,(H2,12,16)(H,14,15). The van der Waals surface area contributed by atoms with Crippen LogP contribution in [0.1, 0.15) is 11.3 Å². The second-order valence-electron chi connectivity index (χ2n) is 3.18. The van der Waals surface area contributed by atoms with Crippen LogP contribution in [-0.4, -0.2) is 21.1 Å². The summed E-state index contributed by atoms with van der Waals surface area (Å²) in [7, 11) is 0. The van der Waals surface area contributed by atoms with Gasteiger partial charge in [-0.3, -0.25) is 14.9 Å². The van der Waals surface area contributed by atoms with Gasteiger partial charge in [-0.2, -0.15) is 5.10 Å². The van der Waals surface area contributed by atoms with E-state index in [4.69, 9.17) is 5.73 Å². The number of nitrogens with zero attached hydrogens (tertiary/aromatic N) is 2. The maximum atomic E-state index is 11.3. The van der Waals surface area contributed by atoms with Crippen molar-refractivity contribution in [2.45, 2.75) is 0 Å². The Morgan fingerprint density at radius 2 is 2.25 bits per heavy atom.